The number of nitrogens with one attached hydrogen (secondary N) is 3. The van der Waals surface area contributed by atoms with Crippen LogP contribution in [0.25, 0.3) is 0 Å². The summed E-state index contributed by atoms with van der Waals surface area (Å²) in [6, 6.07) is 7.87. The molecule has 3 fully saturated rings. The Hall–Kier alpha value is -2.28. The van der Waals surface area contributed by atoms with Crippen LogP contribution in [-0.4, -0.2) is 38.0 Å². The summed E-state index contributed by atoms with van der Waals surface area (Å²) in [4.78, 5) is 61.7. The van der Waals surface area contributed by atoms with Crippen LogP contribution >= 0.6 is 46.5 Å². The standard InChI is InChI=1S/C24H23ClN4O5S3/c25-13-5-3-10(4-6-13)17-18-11-1-2-12(7-11)19(18)36-22-20(17)37-24(34)29(22)9-16(31)28-27-15(30)8-14-21(32)26-23(33)35-14/h3-6,11-12,14,17-19H,1-2,7-9H2,(H,27,30)(H,28,31)(H,26,32,33)/t11-,12-,14-,17+,18+,19+/m0/s1. The normalized spacial score (nSPS) is 29.5. The van der Waals surface area contributed by atoms with E-state index in [1.54, 1.807) is 11.8 Å². The Morgan fingerprint density at radius 1 is 1.03 bits per heavy atom. The Morgan fingerprint density at radius 3 is 2.49 bits per heavy atom. The van der Waals surface area contributed by atoms with Crippen LogP contribution in [0.3, 0.4) is 0 Å². The van der Waals surface area contributed by atoms with Gasteiger partial charge in [0.15, 0.2) is 0 Å². The minimum absolute atomic E-state index is 0.0910. The Morgan fingerprint density at radius 2 is 1.76 bits per heavy atom. The van der Waals surface area contributed by atoms with E-state index < -0.39 is 28.2 Å². The van der Waals surface area contributed by atoms with Crippen LogP contribution < -0.4 is 21.0 Å². The third kappa shape index (κ3) is 4.62. The van der Waals surface area contributed by atoms with Crippen molar-refractivity contribution in [3.05, 3.63) is 49.4 Å². The van der Waals surface area contributed by atoms with Gasteiger partial charge in [-0.05, 0) is 54.7 Å². The number of thioether (sulfide) groups is 2. The summed E-state index contributed by atoms with van der Waals surface area (Å²) in [7, 11) is 0. The van der Waals surface area contributed by atoms with Gasteiger partial charge in [0.1, 0.15) is 11.8 Å². The molecule has 2 saturated carbocycles. The van der Waals surface area contributed by atoms with Crippen molar-refractivity contribution in [3.8, 4) is 0 Å². The van der Waals surface area contributed by atoms with Crippen molar-refractivity contribution in [2.45, 2.75) is 53.7 Å². The molecule has 0 unspecified atom stereocenters. The summed E-state index contributed by atoms with van der Waals surface area (Å²) in [6.07, 6.45) is 3.38. The predicted octanol–water partition coefficient (Wildman–Crippen LogP) is 3.10. The fourth-order valence-electron chi connectivity index (χ4n) is 6.20. The Balaban J connectivity index is 1.20. The molecule has 1 aromatic heterocycles. The van der Waals surface area contributed by atoms with Crippen molar-refractivity contribution >= 4 is 69.4 Å². The average Bonchev–Trinajstić information content (AvgIpc) is 3.62. The molecule has 2 aliphatic carbocycles. The van der Waals surface area contributed by atoms with Crippen molar-refractivity contribution in [2.24, 2.45) is 17.8 Å². The molecule has 6 atom stereocenters. The van der Waals surface area contributed by atoms with Crippen LogP contribution in [-0.2, 0) is 20.9 Å². The van der Waals surface area contributed by atoms with Gasteiger partial charge >= 0.3 is 4.87 Å². The molecule has 2 aromatic rings. The van der Waals surface area contributed by atoms with Gasteiger partial charge in [-0.2, -0.15) is 0 Å². The van der Waals surface area contributed by atoms with E-state index in [1.165, 1.54) is 35.2 Å². The molecule has 2 bridgehead atoms. The molecule has 3 N–H and O–H groups in total. The van der Waals surface area contributed by atoms with Gasteiger partial charge in [0.25, 0.3) is 11.1 Å². The molecule has 9 nitrogen and oxygen atoms in total. The summed E-state index contributed by atoms with van der Waals surface area (Å²) in [5.74, 6) is 0.113. The molecule has 4 aliphatic rings. The molecule has 1 aromatic carbocycles. The van der Waals surface area contributed by atoms with Crippen LogP contribution in [0.5, 0.6) is 0 Å². The largest absolute Gasteiger partial charge is 0.308 e. The van der Waals surface area contributed by atoms with Gasteiger partial charge in [0.2, 0.25) is 11.8 Å². The second kappa shape index (κ2) is 9.79. The topological polar surface area (TPSA) is 126 Å². The second-order valence-corrected chi connectivity index (χ2v) is 13.6. The highest BCUT2D eigenvalue weighted by atomic mass is 35.5. The molecule has 6 rings (SSSR count). The van der Waals surface area contributed by atoms with Gasteiger partial charge in [0, 0.05) is 27.5 Å². The van der Waals surface area contributed by atoms with E-state index in [2.05, 4.69) is 16.2 Å². The van der Waals surface area contributed by atoms with Crippen LogP contribution in [0.4, 0.5) is 4.79 Å². The Kier molecular flexibility index (Phi) is 6.62. The third-order valence-corrected chi connectivity index (χ3v) is 11.8. The molecular weight excluding hydrogens is 556 g/mol. The number of aromatic nitrogens is 1. The van der Waals surface area contributed by atoms with Crippen molar-refractivity contribution in [1.29, 1.82) is 0 Å². The zero-order valence-corrected chi connectivity index (χ0v) is 22.6. The third-order valence-electron chi connectivity index (χ3n) is 7.70. The maximum absolute atomic E-state index is 13.1. The highest BCUT2D eigenvalue weighted by molar-refractivity contribution is 8.15. The lowest BCUT2D eigenvalue weighted by atomic mass is 9.75. The van der Waals surface area contributed by atoms with Crippen molar-refractivity contribution in [3.63, 3.8) is 0 Å². The predicted molar refractivity (Wildman–Crippen MR) is 142 cm³/mol. The molecule has 4 amide bonds. The molecule has 0 radical (unpaired) electrons. The molecule has 1 saturated heterocycles. The highest BCUT2D eigenvalue weighted by Crippen LogP contribution is 2.64. The van der Waals surface area contributed by atoms with Crippen molar-refractivity contribution in [1.82, 2.24) is 20.7 Å². The summed E-state index contributed by atoms with van der Waals surface area (Å²) >= 11 is 9.82. The molecule has 37 heavy (non-hydrogen) atoms. The van der Waals surface area contributed by atoms with Gasteiger partial charge in [0.05, 0.1) is 5.03 Å². The summed E-state index contributed by atoms with van der Waals surface area (Å²) in [5, 5.41) is 2.69. The molecular formula is C24H23ClN4O5S3. The fraction of sp³-hybridized carbons (Fsp3) is 0.458. The van der Waals surface area contributed by atoms with Gasteiger partial charge in [-0.15, -0.1) is 11.8 Å². The van der Waals surface area contributed by atoms with E-state index in [0.29, 0.717) is 28.0 Å². The number of imide groups is 1. The molecule has 194 valence electrons. The van der Waals surface area contributed by atoms with Crippen molar-refractivity contribution < 1.29 is 19.2 Å². The minimum Gasteiger partial charge on any atom is -0.286 e. The number of carbonyl (C=O) groups is 4. The maximum atomic E-state index is 13.1. The van der Waals surface area contributed by atoms with E-state index in [4.69, 9.17) is 11.6 Å². The van der Waals surface area contributed by atoms with Crippen LogP contribution in [0.15, 0.2) is 34.1 Å². The number of hydrogen-bond acceptors (Lipinski definition) is 8. The average molecular weight is 579 g/mol. The number of carbonyl (C=O) groups excluding carboxylic acids is 4. The monoisotopic (exact) mass is 578 g/mol. The summed E-state index contributed by atoms with van der Waals surface area (Å²) in [6.45, 7) is -0.228. The number of amides is 4. The van der Waals surface area contributed by atoms with Crippen LogP contribution in [0, 0.1) is 17.8 Å². The number of benzene rings is 1. The van der Waals surface area contributed by atoms with Gasteiger partial charge in [-0.3, -0.25) is 44.7 Å². The van der Waals surface area contributed by atoms with E-state index >= 15 is 0 Å². The Bertz CT molecular complexity index is 1360. The summed E-state index contributed by atoms with van der Waals surface area (Å²) < 4.78 is 1.51. The smallest absolute Gasteiger partial charge is 0.286 e. The first-order valence-electron chi connectivity index (χ1n) is 12.0. The first kappa shape index (κ1) is 25.0. The van der Waals surface area contributed by atoms with Crippen molar-refractivity contribution in [2.75, 3.05) is 0 Å². The lowest BCUT2D eigenvalue weighted by Gasteiger charge is -2.40. The Labute approximate surface area is 229 Å². The first-order chi connectivity index (χ1) is 17.8. The van der Waals surface area contributed by atoms with Gasteiger partial charge in [-0.25, -0.2) is 0 Å². The number of rotatable bonds is 5. The van der Waals surface area contributed by atoms with E-state index in [9.17, 15) is 24.0 Å². The zero-order chi connectivity index (χ0) is 25.8. The lowest BCUT2D eigenvalue weighted by Crippen LogP contribution is -2.45. The molecule has 13 heteroatoms. The molecule has 3 heterocycles. The van der Waals surface area contributed by atoms with Gasteiger partial charge in [-0.1, -0.05) is 46.8 Å². The number of fused-ring (bicyclic) bond motifs is 6. The van der Waals surface area contributed by atoms with Crippen LogP contribution in [0.2, 0.25) is 5.02 Å². The zero-order valence-electron chi connectivity index (χ0n) is 19.4. The fourth-order valence-corrected chi connectivity index (χ4v) is 10.3. The maximum Gasteiger partial charge on any atom is 0.308 e. The second-order valence-electron chi connectivity index (χ2n) is 9.83. The number of halogens is 1. The van der Waals surface area contributed by atoms with E-state index in [0.717, 1.165) is 27.2 Å². The first-order valence-corrected chi connectivity index (χ1v) is 15.0. The minimum atomic E-state index is -0.827. The number of hydrogen-bond donors (Lipinski definition) is 3. The van der Waals surface area contributed by atoms with Crippen LogP contribution in [0.1, 0.15) is 42.0 Å². The summed E-state index contributed by atoms with van der Waals surface area (Å²) in [5.41, 5.74) is 5.76. The van der Waals surface area contributed by atoms with Gasteiger partial charge < -0.3 is 0 Å². The SMILES string of the molecule is O=C(C[C@@H]1SC(=O)NC1=O)NNC(=O)Cn1c2c(sc1=O)[C@H](c1ccc(Cl)cc1)[C@H]1[C@H]3CC[C@@H](C3)[C@H]1S2. The molecule has 0 spiro atoms. The number of hydrazine groups is 1. The quantitative estimate of drug-likeness (QED) is 0.465. The van der Waals surface area contributed by atoms with E-state index in [1.807, 2.05) is 24.3 Å². The number of nitrogens with zero attached hydrogens (tertiary/aromatic N) is 1. The van der Waals surface area contributed by atoms with E-state index in [-0.39, 0.29) is 23.8 Å². The molecule has 2 aliphatic heterocycles. The highest BCUT2D eigenvalue weighted by Gasteiger charge is 2.55. The number of thiazole rings is 1. The lowest BCUT2D eigenvalue weighted by molar-refractivity contribution is -0.130.